The maximum Gasteiger partial charge on any atom is 0.399 e. The van der Waals surface area contributed by atoms with Gasteiger partial charge in [0.25, 0.3) is 0 Å². The molecule has 7 heteroatoms. The van der Waals surface area contributed by atoms with Crippen LogP contribution in [0.3, 0.4) is 0 Å². The smallest absolute Gasteiger partial charge is 0.399 e. The number of hydrogen-bond acceptors (Lipinski definition) is 4. The molecule has 0 aliphatic heterocycles. The van der Waals surface area contributed by atoms with Gasteiger partial charge in [0.2, 0.25) is 5.89 Å². The Morgan fingerprint density at radius 3 is 1.91 bits per heavy atom. The van der Waals surface area contributed by atoms with Gasteiger partial charge in [-0.1, -0.05) is 52.0 Å². The molecule has 180 valence electrons. The van der Waals surface area contributed by atoms with E-state index in [4.69, 9.17) is 8.83 Å². The Labute approximate surface area is 200 Å². The van der Waals surface area contributed by atoms with Crippen LogP contribution < -0.4 is 0 Å². The zero-order valence-corrected chi connectivity index (χ0v) is 19.9. The lowest BCUT2D eigenvalue weighted by Crippen LogP contribution is -2.22. The number of alkyl halides is 3. The van der Waals surface area contributed by atoms with E-state index in [2.05, 4.69) is 23.8 Å². The molecule has 0 radical (unpaired) electrons. The molecule has 5 rings (SSSR count). The molecule has 0 saturated heterocycles. The summed E-state index contributed by atoms with van der Waals surface area (Å²) in [7, 11) is 0. The molecule has 0 aliphatic rings. The van der Waals surface area contributed by atoms with Gasteiger partial charge in [0.05, 0.1) is 0 Å². The van der Waals surface area contributed by atoms with Gasteiger partial charge < -0.3 is 8.83 Å². The van der Waals surface area contributed by atoms with Crippen molar-refractivity contribution in [3.05, 3.63) is 83.2 Å². The van der Waals surface area contributed by atoms with Crippen molar-refractivity contribution in [3.8, 4) is 11.5 Å². The lowest BCUT2D eigenvalue weighted by Gasteiger charge is -2.21. The van der Waals surface area contributed by atoms with Gasteiger partial charge in [0.15, 0.2) is 17.1 Å². The molecule has 1 unspecified atom stereocenters. The zero-order chi connectivity index (χ0) is 24.9. The fraction of sp³-hybridized carbons (Fsp3) is 0.286. The van der Waals surface area contributed by atoms with Crippen molar-refractivity contribution >= 4 is 22.2 Å². The first-order valence-electron chi connectivity index (χ1n) is 11.6. The quantitative estimate of drug-likeness (QED) is 0.254. The third-order valence-corrected chi connectivity index (χ3v) is 6.13. The highest BCUT2D eigenvalue weighted by atomic mass is 19.4. The Morgan fingerprint density at radius 2 is 1.31 bits per heavy atom. The van der Waals surface area contributed by atoms with Crippen LogP contribution in [0.5, 0.6) is 0 Å². The molecule has 0 spiro atoms. The van der Waals surface area contributed by atoms with Crippen LogP contribution in [0.4, 0.5) is 13.2 Å². The van der Waals surface area contributed by atoms with E-state index in [-0.39, 0.29) is 17.0 Å². The molecule has 2 heterocycles. The van der Waals surface area contributed by atoms with E-state index in [1.54, 1.807) is 12.1 Å². The van der Waals surface area contributed by atoms with Crippen molar-refractivity contribution in [2.45, 2.75) is 51.6 Å². The van der Waals surface area contributed by atoms with Gasteiger partial charge >= 0.3 is 6.18 Å². The van der Waals surface area contributed by atoms with Crippen LogP contribution in [0.1, 0.15) is 68.0 Å². The third-order valence-electron chi connectivity index (χ3n) is 6.13. The number of aromatic nitrogens is 2. The van der Waals surface area contributed by atoms with Crippen LogP contribution in [0, 0.1) is 0 Å². The first-order valence-corrected chi connectivity index (χ1v) is 11.6. The van der Waals surface area contributed by atoms with Crippen LogP contribution in [0.15, 0.2) is 69.5 Å². The fourth-order valence-electron chi connectivity index (χ4n) is 4.24. The lowest BCUT2D eigenvalue weighted by molar-refractivity contribution is -0.141. The Kier molecular flexibility index (Phi) is 5.66. The molecular weight excluding hydrogens is 453 g/mol. The molecule has 35 heavy (non-hydrogen) atoms. The van der Waals surface area contributed by atoms with E-state index in [1.165, 1.54) is 24.3 Å². The van der Waals surface area contributed by atoms with E-state index in [0.717, 1.165) is 11.1 Å². The molecule has 0 fully saturated rings. The molecule has 0 amide bonds. The topological polar surface area (TPSA) is 52.1 Å². The number of hydrogen-bond donors (Lipinski definition) is 0. The van der Waals surface area contributed by atoms with Crippen molar-refractivity contribution in [1.29, 1.82) is 0 Å². The molecule has 1 atom stereocenters. The number of benzene rings is 3. The minimum absolute atomic E-state index is 0.0364. The Balaban J connectivity index is 1.57. The maximum absolute atomic E-state index is 14.3. The normalized spacial score (nSPS) is 13.4. The monoisotopic (exact) mass is 478 g/mol. The second-order valence-corrected chi connectivity index (χ2v) is 9.43. The van der Waals surface area contributed by atoms with Gasteiger partial charge in [0, 0.05) is 11.5 Å². The van der Waals surface area contributed by atoms with Crippen LogP contribution in [-0.2, 0) is 0 Å². The lowest BCUT2D eigenvalue weighted by atomic mass is 9.90. The Hall–Kier alpha value is -3.61. The first kappa shape index (κ1) is 23.1. The summed E-state index contributed by atoms with van der Waals surface area (Å²) in [4.78, 5) is 8.89. The first-order chi connectivity index (χ1) is 16.6. The van der Waals surface area contributed by atoms with E-state index in [9.17, 15) is 13.2 Å². The summed E-state index contributed by atoms with van der Waals surface area (Å²) in [6, 6.07) is 16.8. The molecule has 0 bridgehead atoms. The molecular formula is C28H25F3N2O2. The van der Waals surface area contributed by atoms with Crippen molar-refractivity contribution in [2.75, 3.05) is 0 Å². The standard InChI is InChI=1S/C28H25F3N2O2/c1-15(2)17-6-5-7-20(12-17)27-33-22-14-19(9-11-24(22)35-27)25(28(29,30)31)18-8-10-23-21(13-18)32-26(34-23)16(3)4/h5-16,25H,1-4H3. The van der Waals surface area contributed by atoms with Gasteiger partial charge in [-0.15, -0.1) is 0 Å². The predicted octanol–water partition coefficient (Wildman–Crippen LogP) is 8.58. The molecule has 0 N–H and O–H groups in total. The second kappa shape index (κ2) is 8.56. The molecule has 5 aromatic rings. The SMILES string of the molecule is CC(C)c1cccc(-c2nc3cc(C(c4ccc5oc(C(C)C)nc5c4)C(F)(F)F)ccc3o2)c1. The van der Waals surface area contributed by atoms with Crippen molar-refractivity contribution in [3.63, 3.8) is 0 Å². The largest absolute Gasteiger partial charge is 0.440 e. The predicted molar refractivity (Wildman–Crippen MR) is 130 cm³/mol. The summed E-state index contributed by atoms with van der Waals surface area (Å²) in [6.45, 7) is 8.03. The van der Waals surface area contributed by atoms with Crippen molar-refractivity contribution in [2.24, 2.45) is 0 Å². The Morgan fingerprint density at radius 1 is 0.686 bits per heavy atom. The van der Waals surface area contributed by atoms with Gasteiger partial charge in [-0.05, 0) is 59.0 Å². The number of oxazole rings is 2. The summed E-state index contributed by atoms with van der Waals surface area (Å²) in [5.74, 6) is -0.585. The van der Waals surface area contributed by atoms with E-state index < -0.39 is 12.1 Å². The fourth-order valence-corrected chi connectivity index (χ4v) is 4.24. The summed E-state index contributed by atoms with van der Waals surface area (Å²) < 4.78 is 54.5. The summed E-state index contributed by atoms with van der Waals surface area (Å²) in [6.07, 6.45) is -4.51. The zero-order valence-electron chi connectivity index (χ0n) is 19.9. The number of rotatable bonds is 5. The highest BCUT2D eigenvalue weighted by molar-refractivity contribution is 5.78. The summed E-state index contributed by atoms with van der Waals surface area (Å²) >= 11 is 0. The van der Waals surface area contributed by atoms with Crippen molar-refractivity contribution in [1.82, 2.24) is 9.97 Å². The average Bonchev–Trinajstić information content (AvgIpc) is 3.42. The van der Waals surface area contributed by atoms with Crippen LogP contribution in [0.2, 0.25) is 0 Å². The van der Waals surface area contributed by atoms with E-state index in [0.29, 0.717) is 39.9 Å². The number of nitrogens with zero attached hydrogens (tertiary/aromatic N) is 2. The van der Waals surface area contributed by atoms with E-state index in [1.807, 2.05) is 38.1 Å². The van der Waals surface area contributed by atoms with Crippen LogP contribution in [-0.4, -0.2) is 16.1 Å². The van der Waals surface area contributed by atoms with Crippen molar-refractivity contribution < 1.29 is 22.0 Å². The third kappa shape index (κ3) is 4.43. The minimum atomic E-state index is -4.51. The Bertz CT molecular complexity index is 1510. The second-order valence-electron chi connectivity index (χ2n) is 9.43. The van der Waals surface area contributed by atoms with Gasteiger partial charge in [-0.25, -0.2) is 9.97 Å². The molecule has 0 aliphatic carbocycles. The molecule has 0 saturated carbocycles. The maximum atomic E-state index is 14.3. The molecule has 3 aromatic carbocycles. The van der Waals surface area contributed by atoms with E-state index >= 15 is 0 Å². The number of fused-ring (bicyclic) bond motifs is 2. The van der Waals surface area contributed by atoms with Gasteiger partial charge in [0.1, 0.15) is 17.0 Å². The summed E-state index contributed by atoms with van der Waals surface area (Å²) in [5.41, 5.74) is 3.81. The van der Waals surface area contributed by atoms with Gasteiger partial charge in [-0.2, -0.15) is 13.2 Å². The van der Waals surface area contributed by atoms with Gasteiger partial charge in [-0.3, -0.25) is 0 Å². The molecule has 4 nitrogen and oxygen atoms in total. The minimum Gasteiger partial charge on any atom is -0.440 e. The number of halogens is 3. The highest BCUT2D eigenvalue weighted by Gasteiger charge is 2.42. The average molecular weight is 479 g/mol. The summed E-state index contributed by atoms with van der Waals surface area (Å²) in [5, 5.41) is 0. The molecule has 2 aromatic heterocycles. The van der Waals surface area contributed by atoms with Crippen LogP contribution >= 0.6 is 0 Å². The van der Waals surface area contributed by atoms with Crippen LogP contribution in [0.25, 0.3) is 33.7 Å². The highest BCUT2D eigenvalue weighted by Crippen LogP contribution is 2.42.